The van der Waals surface area contributed by atoms with Crippen LogP contribution in [0.4, 0.5) is 4.79 Å². The minimum absolute atomic E-state index is 0.0330. The van der Waals surface area contributed by atoms with Gasteiger partial charge in [-0.25, -0.2) is 14.3 Å². The van der Waals surface area contributed by atoms with E-state index in [4.69, 9.17) is 5.73 Å². The predicted molar refractivity (Wildman–Crippen MR) is 49.1 cm³/mol. The minimum Gasteiger partial charge on any atom is -0.464 e. The molecule has 1 aromatic rings. The van der Waals surface area contributed by atoms with Crippen molar-refractivity contribution >= 4 is 17.9 Å². The molecule has 0 saturated carbocycles. The van der Waals surface area contributed by atoms with Crippen LogP contribution in [0.2, 0.25) is 0 Å². The van der Waals surface area contributed by atoms with Gasteiger partial charge in [0.15, 0.2) is 5.69 Å². The first-order valence-electron chi connectivity index (χ1n) is 4.10. The first-order chi connectivity index (χ1) is 7.52. The molecule has 0 unspecified atom stereocenters. The number of imide groups is 1. The molecule has 0 aliphatic heterocycles. The molecule has 1 aromatic heterocycles. The maximum Gasteiger partial charge on any atom is 0.360 e. The number of primary amides is 1. The highest BCUT2D eigenvalue weighted by molar-refractivity contribution is 5.93. The van der Waals surface area contributed by atoms with Crippen molar-refractivity contribution in [2.75, 3.05) is 7.11 Å². The van der Waals surface area contributed by atoms with Crippen LogP contribution in [0, 0.1) is 0 Å². The molecule has 0 radical (unpaired) electrons. The molecule has 9 heteroatoms. The van der Waals surface area contributed by atoms with E-state index in [1.54, 1.807) is 0 Å². The van der Waals surface area contributed by atoms with E-state index < -0.39 is 17.9 Å². The van der Waals surface area contributed by atoms with Crippen LogP contribution in [0.5, 0.6) is 0 Å². The minimum atomic E-state index is -0.960. The molecule has 3 amide bonds. The van der Waals surface area contributed by atoms with E-state index >= 15 is 0 Å². The predicted octanol–water partition coefficient (Wildman–Crippen LogP) is -1.74. The fraction of sp³-hybridized carbons (Fsp3) is 0.286. The molecule has 0 bridgehead atoms. The van der Waals surface area contributed by atoms with Crippen LogP contribution < -0.4 is 11.1 Å². The fourth-order valence-corrected chi connectivity index (χ4v) is 0.898. The number of methoxy groups -OCH3 is 1. The van der Waals surface area contributed by atoms with Crippen molar-refractivity contribution in [1.82, 2.24) is 20.3 Å². The van der Waals surface area contributed by atoms with Crippen molar-refractivity contribution in [3.8, 4) is 0 Å². The van der Waals surface area contributed by atoms with E-state index in [0.29, 0.717) is 0 Å². The lowest BCUT2D eigenvalue weighted by Crippen LogP contribution is -2.37. The summed E-state index contributed by atoms with van der Waals surface area (Å²) in [6.45, 7) is -0.271. The summed E-state index contributed by atoms with van der Waals surface area (Å²) < 4.78 is 5.46. The number of nitrogens with two attached hydrogens (primary N) is 1. The standard InChI is InChI=1S/C7H9N5O4/c1-16-6(14)4-2-12(11-10-4)3-5(13)9-7(8)15/h2H,3H2,1H3,(H3,8,9,13,15). The number of ether oxygens (including phenoxy) is 1. The molecule has 0 saturated heterocycles. The maximum atomic E-state index is 11.1. The van der Waals surface area contributed by atoms with E-state index in [-0.39, 0.29) is 12.2 Å². The van der Waals surface area contributed by atoms with E-state index in [1.165, 1.54) is 13.3 Å². The molecule has 0 aliphatic carbocycles. The Kier molecular flexibility index (Phi) is 3.53. The molecule has 0 spiro atoms. The van der Waals surface area contributed by atoms with Crippen molar-refractivity contribution in [2.45, 2.75) is 6.54 Å². The monoisotopic (exact) mass is 227 g/mol. The Labute approximate surface area is 89.5 Å². The highest BCUT2D eigenvalue weighted by Crippen LogP contribution is 1.95. The van der Waals surface area contributed by atoms with Crippen LogP contribution in [-0.2, 0) is 16.1 Å². The van der Waals surface area contributed by atoms with Gasteiger partial charge >= 0.3 is 12.0 Å². The second kappa shape index (κ2) is 4.87. The first-order valence-corrected chi connectivity index (χ1v) is 4.10. The molecular formula is C7H9N5O4. The Balaban J connectivity index is 2.62. The normalized spacial score (nSPS) is 9.56. The number of nitrogens with one attached hydrogen (secondary N) is 1. The van der Waals surface area contributed by atoms with Crippen molar-refractivity contribution in [3.63, 3.8) is 0 Å². The van der Waals surface area contributed by atoms with Gasteiger partial charge in [-0.1, -0.05) is 5.21 Å². The molecule has 0 atom stereocenters. The molecule has 3 N–H and O–H groups in total. The molecule has 16 heavy (non-hydrogen) atoms. The molecule has 0 aliphatic rings. The van der Waals surface area contributed by atoms with Crippen molar-refractivity contribution < 1.29 is 19.1 Å². The van der Waals surface area contributed by atoms with Gasteiger partial charge in [-0.15, -0.1) is 5.10 Å². The van der Waals surface area contributed by atoms with E-state index in [0.717, 1.165) is 4.68 Å². The number of hydrogen-bond donors (Lipinski definition) is 2. The van der Waals surface area contributed by atoms with Gasteiger partial charge < -0.3 is 10.5 Å². The Bertz CT molecular complexity index is 426. The Morgan fingerprint density at radius 3 is 2.81 bits per heavy atom. The van der Waals surface area contributed by atoms with Gasteiger partial charge in [-0.3, -0.25) is 10.1 Å². The largest absolute Gasteiger partial charge is 0.464 e. The van der Waals surface area contributed by atoms with E-state index in [1.807, 2.05) is 5.32 Å². The number of carbonyl (C=O) groups excluding carboxylic acids is 3. The van der Waals surface area contributed by atoms with E-state index in [9.17, 15) is 14.4 Å². The lowest BCUT2D eigenvalue weighted by Gasteiger charge is -1.99. The first kappa shape index (κ1) is 11.6. The van der Waals surface area contributed by atoms with Crippen molar-refractivity contribution in [3.05, 3.63) is 11.9 Å². The number of nitrogens with zero attached hydrogens (tertiary/aromatic N) is 3. The van der Waals surface area contributed by atoms with Gasteiger partial charge in [-0.05, 0) is 0 Å². The molecule has 9 nitrogen and oxygen atoms in total. The quantitative estimate of drug-likeness (QED) is 0.589. The number of hydrogen-bond acceptors (Lipinski definition) is 6. The number of urea groups is 1. The Morgan fingerprint density at radius 2 is 2.25 bits per heavy atom. The topological polar surface area (TPSA) is 129 Å². The van der Waals surface area contributed by atoms with Gasteiger partial charge in [-0.2, -0.15) is 0 Å². The number of esters is 1. The summed E-state index contributed by atoms with van der Waals surface area (Å²) in [5, 5.41) is 8.79. The molecule has 0 aromatic carbocycles. The smallest absolute Gasteiger partial charge is 0.360 e. The van der Waals surface area contributed by atoms with Crippen molar-refractivity contribution in [2.24, 2.45) is 5.73 Å². The van der Waals surface area contributed by atoms with Gasteiger partial charge in [0.2, 0.25) is 5.91 Å². The van der Waals surface area contributed by atoms with Gasteiger partial charge in [0.1, 0.15) is 6.54 Å². The zero-order valence-corrected chi connectivity index (χ0v) is 8.34. The van der Waals surface area contributed by atoms with Gasteiger partial charge in [0.25, 0.3) is 0 Å². The van der Waals surface area contributed by atoms with Crippen LogP contribution in [-0.4, -0.2) is 40.0 Å². The van der Waals surface area contributed by atoms with Crippen molar-refractivity contribution in [1.29, 1.82) is 0 Å². The lowest BCUT2D eigenvalue weighted by molar-refractivity contribution is -0.120. The van der Waals surface area contributed by atoms with Crippen LogP contribution in [0.25, 0.3) is 0 Å². The summed E-state index contributed by atoms with van der Waals surface area (Å²) in [4.78, 5) is 32.4. The highest BCUT2D eigenvalue weighted by atomic mass is 16.5. The summed E-state index contributed by atoms with van der Waals surface area (Å²) in [5.74, 6) is -1.32. The third kappa shape index (κ3) is 3.04. The van der Waals surface area contributed by atoms with Gasteiger partial charge in [0.05, 0.1) is 13.3 Å². The second-order valence-corrected chi connectivity index (χ2v) is 2.71. The molecule has 1 rings (SSSR count). The number of aromatic nitrogens is 3. The average Bonchev–Trinajstić information content (AvgIpc) is 2.63. The number of carbonyl (C=O) groups is 3. The summed E-state index contributed by atoms with van der Waals surface area (Å²) in [6, 6.07) is -0.960. The third-order valence-electron chi connectivity index (χ3n) is 1.50. The molecule has 0 fully saturated rings. The Hall–Kier alpha value is -2.45. The van der Waals surface area contributed by atoms with E-state index in [2.05, 4.69) is 15.0 Å². The zero-order chi connectivity index (χ0) is 12.1. The highest BCUT2D eigenvalue weighted by Gasteiger charge is 2.12. The maximum absolute atomic E-state index is 11.1. The summed E-state index contributed by atoms with van der Waals surface area (Å²) in [6.07, 6.45) is 1.21. The molecule has 86 valence electrons. The zero-order valence-electron chi connectivity index (χ0n) is 8.34. The van der Waals surface area contributed by atoms with Crippen LogP contribution >= 0.6 is 0 Å². The number of amides is 3. The lowest BCUT2D eigenvalue weighted by atomic mass is 10.5. The Morgan fingerprint density at radius 1 is 1.56 bits per heavy atom. The summed E-state index contributed by atoms with van der Waals surface area (Å²) in [7, 11) is 1.20. The summed E-state index contributed by atoms with van der Waals surface area (Å²) >= 11 is 0. The van der Waals surface area contributed by atoms with Crippen LogP contribution in [0.1, 0.15) is 10.5 Å². The number of rotatable bonds is 3. The van der Waals surface area contributed by atoms with Crippen LogP contribution in [0.15, 0.2) is 6.20 Å². The fourth-order valence-electron chi connectivity index (χ4n) is 0.898. The van der Waals surface area contributed by atoms with Gasteiger partial charge in [0, 0.05) is 0 Å². The summed E-state index contributed by atoms with van der Waals surface area (Å²) in [5.41, 5.74) is 4.70. The third-order valence-corrected chi connectivity index (χ3v) is 1.50. The second-order valence-electron chi connectivity index (χ2n) is 2.71. The molecular weight excluding hydrogens is 218 g/mol. The molecule has 1 heterocycles. The average molecular weight is 227 g/mol. The SMILES string of the molecule is COC(=O)c1cn(CC(=O)NC(N)=O)nn1. The van der Waals surface area contributed by atoms with Crippen LogP contribution in [0.3, 0.4) is 0 Å².